The van der Waals surface area contributed by atoms with Gasteiger partial charge < -0.3 is 4.90 Å². The van der Waals surface area contributed by atoms with Gasteiger partial charge in [-0.3, -0.25) is 9.69 Å². The average Bonchev–Trinajstić information content (AvgIpc) is 3.24. The van der Waals surface area contributed by atoms with Gasteiger partial charge in [0.1, 0.15) is 0 Å². The normalized spacial score (nSPS) is 15.1. The van der Waals surface area contributed by atoms with Crippen LogP contribution in [0.15, 0.2) is 72.9 Å². The topological polar surface area (TPSA) is 54.3 Å². The molecule has 0 unspecified atom stereocenters. The molecule has 1 aromatic heterocycles. The molecule has 1 amide bonds. The molecule has 2 heterocycles. The lowest BCUT2D eigenvalue weighted by Gasteiger charge is -2.33. The molecule has 29 heavy (non-hydrogen) atoms. The molecule has 0 aliphatic carbocycles. The second-order valence-electron chi connectivity index (χ2n) is 7.19. The molecule has 0 bridgehead atoms. The summed E-state index contributed by atoms with van der Waals surface area (Å²) in [5.41, 5.74) is 2.76. The van der Waals surface area contributed by atoms with Crippen molar-refractivity contribution >= 4 is 12.0 Å². The van der Waals surface area contributed by atoms with Crippen molar-refractivity contribution in [3.05, 3.63) is 89.8 Å². The van der Waals surface area contributed by atoms with Crippen LogP contribution in [0.2, 0.25) is 0 Å². The van der Waals surface area contributed by atoms with Crippen molar-refractivity contribution in [3.8, 4) is 0 Å². The van der Waals surface area contributed by atoms with Gasteiger partial charge in [-0.05, 0) is 11.1 Å². The largest absolute Gasteiger partial charge is 0.335 e. The Morgan fingerprint density at radius 3 is 2.34 bits per heavy atom. The molecule has 0 saturated carbocycles. The van der Waals surface area contributed by atoms with E-state index in [1.54, 1.807) is 10.9 Å². The molecular formula is C23H25N5O. The summed E-state index contributed by atoms with van der Waals surface area (Å²) in [5, 5.41) is 8.20. The Bertz CT molecular complexity index is 944. The molecule has 6 nitrogen and oxygen atoms in total. The molecule has 0 radical (unpaired) electrons. The van der Waals surface area contributed by atoms with Gasteiger partial charge in [0.25, 0.3) is 5.91 Å². The van der Waals surface area contributed by atoms with Gasteiger partial charge in [0.05, 0.1) is 12.7 Å². The fourth-order valence-electron chi connectivity index (χ4n) is 3.44. The lowest BCUT2D eigenvalue weighted by atomic mass is 10.2. The summed E-state index contributed by atoms with van der Waals surface area (Å²) >= 11 is 0. The van der Waals surface area contributed by atoms with Gasteiger partial charge >= 0.3 is 0 Å². The van der Waals surface area contributed by atoms with Crippen molar-refractivity contribution in [1.29, 1.82) is 0 Å². The Morgan fingerprint density at radius 2 is 1.62 bits per heavy atom. The highest BCUT2D eigenvalue weighted by Crippen LogP contribution is 2.09. The molecule has 3 aromatic rings. The van der Waals surface area contributed by atoms with E-state index in [-0.39, 0.29) is 5.91 Å². The first kappa shape index (κ1) is 19.1. The molecule has 1 aliphatic heterocycles. The first-order chi connectivity index (χ1) is 14.3. The van der Waals surface area contributed by atoms with Crippen molar-refractivity contribution in [1.82, 2.24) is 24.8 Å². The Balaban J connectivity index is 1.26. The van der Waals surface area contributed by atoms with Crippen LogP contribution in [0.4, 0.5) is 0 Å². The summed E-state index contributed by atoms with van der Waals surface area (Å²) in [6.07, 6.45) is 6.06. The van der Waals surface area contributed by atoms with Gasteiger partial charge in [0, 0.05) is 32.7 Å². The smallest absolute Gasteiger partial charge is 0.276 e. The summed E-state index contributed by atoms with van der Waals surface area (Å²) < 4.78 is 1.72. The zero-order valence-corrected chi connectivity index (χ0v) is 16.4. The van der Waals surface area contributed by atoms with Gasteiger partial charge in [0.15, 0.2) is 5.69 Å². The lowest BCUT2D eigenvalue weighted by Crippen LogP contribution is -2.48. The zero-order valence-electron chi connectivity index (χ0n) is 16.4. The third-order valence-electron chi connectivity index (χ3n) is 5.08. The van der Waals surface area contributed by atoms with Crippen LogP contribution in [0.5, 0.6) is 0 Å². The molecule has 148 valence electrons. The molecule has 1 aliphatic rings. The van der Waals surface area contributed by atoms with Crippen LogP contribution >= 0.6 is 0 Å². The number of aromatic nitrogens is 3. The summed E-state index contributed by atoms with van der Waals surface area (Å²) in [5.74, 6) is -0.0382. The first-order valence-electron chi connectivity index (χ1n) is 9.95. The summed E-state index contributed by atoms with van der Waals surface area (Å²) in [6, 6.07) is 20.3. The van der Waals surface area contributed by atoms with E-state index in [4.69, 9.17) is 0 Å². The minimum Gasteiger partial charge on any atom is -0.335 e. The van der Waals surface area contributed by atoms with Crippen molar-refractivity contribution in [2.45, 2.75) is 6.54 Å². The van der Waals surface area contributed by atoms with E-state index in [2.05, 4.69) is 39.5 Å². The van der Waals surface area contributed by atoms with Crippen molar-refractivity contribution in [2.24, 2.45) is 0 Å². The number of carbonyl (C=O) groups excluding carboxylic acids is 1. The maximum atomic E-state index is 12.7. The molecule has 1 saturated heterocycles. The standard InChI is InChI=1S/C23H25N5O/c29-23(22-19-28(25-24-22)18-21-10-5-2-6-11-21)27-16-14-26(15-17-27)13-7-12-20-8-3-1-4-9-20/h1-12,19H,13-18H2/b12-7+. The van der Waals surface area contributed by atoms with E-state index >= 15 is 0 Å². The quantitative estimate of drug-likeness (QED) is 0.653. The second kappa shape index (κ2) is 9.30. The average molecular weight is 387 g/mol. The monoisotopic (exact) mass is 387 g/mol. The summed E-state index contributed by atoms with van der Waals surface area (Å²) in [6.45, 7) is 4.66. The number of nitrogens with zero attached hydrogens (tertiary/aromatic N) is 5. The molecule has 4 rings (SSSR count). The van der Waals surface area contributed by atoms with Crippen LogP contribution in [0.1, 0.15) is 21.6 Å². The van der Waals surface area contributed by atoms with Crippen LogP contribution in [0, 0.1) is 0 Å². The maximum absolute atomic E-state index is 12.7. The number of hydrogen-bond donors (Lipinski definition) is 0. The number of hydrogen-bond acceptors (Lipinski definition) is 4. The molecule has 1 fully saturated rings. The maximum Gasteiger partial charge on any atom is 0.276 e. The molecule has 0 atom stereocenters. The minimum absolute atomic E-state index is 0.0382. The summed E-state index contributed by atoms with van der Waals surface area (Å²) in [4.78, 5) is 17.0. The fourth-order valence-corrected chi connectivity index (χ4v) is 3.44. The van der Waals surface area contributed by atoms with Crippen molar-refractivity contribution in [2.75, 3.05) is 32.7 Å². The highest BCUT2D eigenvalue weighted by molar-refractivity contribution is 5.92. The van der Waals surface area contributed by atoms with E-state index in [9.17, 15) is 4.79 Å². The Morgan fingerprint density at radius 1 is 0.931 bits per heavy atom. The Hall–Kier alpha value is -3.25. The Kier molecular flexibility index (Phi) is 6.12. The molecule has 2 aromatic carbocycles. The summed E-state index contributed by atoms with van der Waals surface area (Å²) in [7, 11) is 0. The third kappa shape index (κ3) is 5.18. The van der Waals surface area contributed by atoms with E-state index < -0.39 is 0 Å². The predicted octanol–water partition coefficient (Wildman–Crippen LogP) is 2.80. The second-order valence-corrected chi connectivity index (χ2v) is 7.19. The molecular weight excluding hydrogens is 362 g/mol. The van der Waals surface area contributed by atoms with Gasteiger partial charge in [-0.2, -0.15) is 0 Å². The van der Waals surface area contributed by atoms with Crippen molar-refractivity contribution in [3.63, 3.8) is 0 Å². The number of rotatable bonds is 6. The van der Waals surface area contributed by atoms with Crippen LogP contribution < -0.4 is 0 Å². The van der Waals surface area contributed by atoms with E-state index in [0.29, 0.717) is 25.3 Å². The number of benzene rings is 2. The third-order valence-corrected chi connectivity index (χ3v) is 5.08. The molecule has 6 heteroatoms. The zero-order chi connectivity index (χ0) is 19.9. The van der Waals surface area contributed by atoms with Gasteiger partial charge in [0.2, 0.25) is 0 Å². The SMILES string of the molecule is O=C(c1cn(Cc2ccccc2)nn1)N1CCN(C/C=C/c2ccccc2)CC1. The fraction of sp³-hybridized carbons (Fsp3) is 0.261. The highest BCUT2D eigenvalue weighted by atomic mass is 16.2. The lowest BCUT2D eigenvalue weighted by molar-refractivity contribution is 0.0644. The van der Waals surface area contributed by atoms with Gasteiger partial charge in [-0.15, -0.1) is 5.10 Å². The Labute approximate surface area is 171 Å². The van der Waals surface area contributed by atoms with E-state index in [1.807, 2.05) is 53.4 Å². The van der Waals surface area contributed by atoms with Crippen LogP contribution in [-0.4, -0.2) is 63.4 Å². The van der Waals surface area contributed by atoms with Gasteiger partial charge in [-0.25, -0.2) is 4.68 Å². The molecule has 0 spiro atoms. The van der Waals surface area contributed by atoms with Crippen LogP contribution in [0.25, 0.3) is 6.08 Å². The minimum atomic E-state index is -0.0382. The molecule has 0 N–H and O–H groups in total. The van der Waals surface area contributed by atoms with Crippen LogP contribution in [-0.2, 0) is 6.54 Å². The van der Waals surface area contributed by atoms with E-state index in [1.165, 1.54) is 5.56 Å². The van der Waals surface area contributed by atoms with Crippen LogP contribution in [0.3, 0.4) is 0 Å². The number of amides is 1. The number of piperazine rings is 1. The van der Waals surface area contributed by atoms with Gasteiger partial charge in [-0.1, -0.05) is 78.0 Å². The van der Waals surface area contributed by atoms with E-state index in [0.717, 1.165) is 25.2 Å². The predicted molar refractivity (Wildman–Crippen MR) is 113 cm³/mol. The first-order valence-corrected chi connectivity index (χ1v) is 9.95. The number of carbonyl (C=O) groups is 1. The van der Waals surface area contributed by atoms with Crippen molar-refractivity contribution < 1.29 is 4.79 Å². The highest BCUT2D eigenvalue weighted by Gasteiger charge is 2.23.